The fraction of sp³-hybridized carbons (Fsp3) is 0.500. The summed E-state index contributed by atoms with van der Waals surface area (Å²) in [4.78, 5) is 9.34. The molecular weight excluding hydrogens is 296 g/mol. The molecule has 1 saturated carbocycles. The van der Waals surface area contributed by atoms with Crippen LogP contribution < -0.4 is 10.6 Å². The Hall–Kier alpha value is -2.10. The van der Waals surface area contributed by atoms with E-state index in [-0.39, 0.29) is 5.54 Å². The van der Waals surface area contributed by atoms with E-state index in [9.17, 15) is 0 Å². The van der Waals surface area contributed by atoms with E-state index in [1.54, 1.807) is 0 Å². The second-order valence-electron chi connectivity index (χ2n) is 7.15. The molecule has 1 aliphatic rings. The third-order valence-electron chi connectivity index (χ3n) is 4.96. The summed E-state index contributed by atoms with van der Waals surface area (Å²) in [5, 5.41) is 7.31. The van der Waals surface area contributed by atoms with Crippen LogP contribution in [-0.2, 0) is 0 Å². The zero-order valence-corrected chi connectivity index (χ0v) is 15.0. The van der Waals surface area contributed by atoms with Crippen molar-refractivity contribution in [2.75, 3.05) is 10.6 Å². The van der Waals surface area contributed by atoms with Gasteiger partial charge in [-0.05, 0) is 57.4 Å². The summed E-state index contributed by atoms with van der Waals surface area (Å²) in [6.07, 6.45) is 7.87. The average molecular weight is 324 g/mol. The average Bonchev–Trinajstić information content (AvgIpc) is 3.03. The predicted molar refractivity (Wildman–Crippen MR) is 101 cm³/mol. The SMILES string of the molecule is CCC(C)Nc1ccc(-c2ccccn2)nc1NC1(C)CCCC1. The van der Waals surface area contributed by atoms with Crippen molar-refractivity contribution >= 4 is 11.5 Å². The molecule has 4 nitrogen and oxygen atoms in total. The second-order valence-corrected chi connectivity index (χ2v) is 7.15. The van der Waals surface area contributed by atoms with Gasteiger partial charge in [0.25, 0.3) is 0 Å². The van der Waals surface area contributed by atoms with Crippen LogP contribution in [0.15, 0.2) is 36.5 Å². The van der Waals surface area contributed by atoms with Crippen molar-refractivity contribution in [2.24, 2.45) is 0 Å². The molecule has 0 aromatic carbocycles. The molecule has 1 aliphatic carbocycles. The maximum Gasteiger partial charge on any atom is 0.150 e. The van der Waals surface area contributed by atoms with Crippen molar-refractivity contribution in [3.63, 3.8) is 0 Å². The van der Waals surface area contributed by atoms with Crippen LogP contribution in [0.3, 0.4) is 0 Å². The van der Waals surface area contributed by atoms with Gasteiger partial charge in [0.2, 0.25) is 0 Å². The van der Waals surface area contributed by atoms with Crippen molar-refractivity contribution in [1.82, 2.24) is 9.97 Å². The van der Waals surface area contributed by atoms with E-state index in [0.717, 1.165) is 29.3 Å². The quantitative estimate of drug-likeness (QED) is 0.776. The number of nitrogens with zero attached hydrogens (tertiary/aromatic N) is 2. The van der Waals surface area contributed by atoms with Gasteiger partial charge in [0.15, 0.2) is 5.82 Å². The minimum Gasteiger partial charge on any atom is -0.380 e. The molecule has 1 atom stereocenters. The largest absolute Gasteiger partial charge is 0.380 e. The van der Waals surface area contributed by atoms with Crippen LogP contribution in [0, 0.1) is 0 Å². The highest BCUT2D eigenvalue weighted by atomic mass is 15.1. The molecular formula is C20H28N4. The van der Waals surface area contributed by atoms with E-state index >= 15 is 0 Å². The smallest absolute Gasteiger partial charge is 0.150 e. The van der Waals surface area contributed by atoms with Gasteiger partial charge in [-0.1, -0.05) is 25.8 Å². The molecule has 24 heavy (non-hydrogen) atoms. The molecule has 128 valence electrons. The molecule has 0 saturated heterocycles. The van der Waals surface area contributed by atoms with Crippen molar-refractivity contribution in [1.29, 1.82) is 0 Å². The fourth-order valence-electron chi connectivity index (χ4n) is 3.26. The first kappa shape index (κ1) is 16.7. The van der Waals surface area contributed by atoms with E-state index < -0.39 is 0 Å². The Kier molecular flexibility index (Phi) is 5.03. The number of rotatable bonds is 6. The summed E-state index contributed by atoms with van der Waals surface area (Å²) in [5.41, 5.74) is 3.04. The van der Waals surface area contributed by atoms with Crippen molar-refractivity contribution in [3.8, 4) is 11.4 Å². The van der Waals surface area contributed by atoms with E-state index in [4.69, 9.17) is 4.98 Å². The zero-order valence-electron chi connectivity index (χ0n) is 15.0. The molecule has 0 radical (unpaired) electrons. The van der Waals surface area contributed by atoms with Gasteiger partial charge < -0.3 is 10.6 Å². The van der Waals surface area contributed by atoms with Crippen molar-refractivity contribution < 1.29 is 0 Å². The van der Waals surface area contributed by atoms with Crippen molar-refractivity contribution in [3.05, 3.63) is 36.5 Å². The Morgan fingerprint density at radius 3 is 2.58 bits per heavy atom. The monoisotopic (exact) mass is 324 g/mol. The first-order valence-electron chi connectivity index (χ1n) is 9.07. The number of hydrogen-bond donors (Lipinski definition) is 2. The van der Waals surface area contributed by atoms with Gasteiger partial charge in [-0.15, -0.1) is 0 Å². The Morgan fingerprint density at radius 1 is 1.12 bits per heavy atom. The predicted octanol–water partition coefficient (Wildman–Crippen LogP) is 5.10. The minimum absolute atomic E-state index is 0.140. The standard InChI is InChI=1S/C20H28N4/c1-4-15(2)22-18-11-10-17(16-9-5-8-14-21-16)23-19(18)24-20(3)12-6-7-13-20/h5,8-11,14-15,22H,4,6-7,12-13H2,1-3H3,(H,23,24). The van der Waals surface area contributed by atoms with E-state index in [2.05, 4.69) is 48.5 Å². The third kappa shape index (κ3) is 3.86. The molecule has 3 rings (SSSR count). The van der Waals surface area contributed by atoms with Gasteiger partial charge >= 0.3 is 0 Å². The highest BCUT2D eigenvalue weighted by Gasteiger charge is 2.29. The van der Waals surface area contributed by atoms with E-state index in [1.807, 2.05) is 24.4 Å². The molecule has 2 N–H and O–H groups in total. The summed E-state index contributed by atoms with van der Waals surface area (Å²) < 4.78 is 0. The van der Waals surface area contributed by atoms with Crippen molar-refractivity contribution in [2.45, 2.75) is 64.5 Å². The molecule has 4 heteroatoms. The summed E-state index contributed by atoms with van der Waals surface area (Å²) in [7, 11) is 0. The number of nitrogens with one attached hydrogen (secondary N) is 2. The number of pyridine rings is 2. The highest BCUT2D eigenvalue weighted by Crippen LogP contribution is 2.35. The van der Waals surface area contributed by atoms with Crippen LogP contribution in [-0.4, -0.2) is 21.5 Å². The van der Waals surface area contributed by atoms with Crippen LogP contribution in [0.1, 0.15) is 52.9 Å². The summed E-state index contributed by atoms with van der Waals surface area (Å²) in [5.74, 6) is 0.947. The normalized spacial score (nSPS) is 17.5. The highest BCUT2D eigenvalue weighted by molar-refractivity contribution is 5.70. The Balaban J connectivity index is 1.93. The molecule has 2 heterocycles. The molecule has 0 spiro atoms. The minimum atomic E-state index is 0.140. The molecule has 0 amide bonds. The van der Waals surface area contributed by atoms with Gasteiger partial charge in [-0.25, -0.2) is 4.98 Å². The van der Waals surface area contributed by atoms with Gasteiger partial charge in [0, 0.05) is 17.8 Å². The molecule has 0 bridgehead atoms. The van der Waals surface area contributed by atoms with E-state index in [0.29, 0.717) is 6.04 Å². The molecule has 1 fully saturated rings. The van der Waals surface area contributed by atoms with Gasteiger partial charge in [-0.3, -0.25) is 4.98 Å². The summed E-state index contributed by atoms with van der Waals surface area (Å²) >= 11 is 0. The second kappa shape index (κ2) is 7.20. The molecule has 2 aromatic heterocycles. The number of anilines is 2. The fourth-order valence-corrected chi connectivity index (χ4v) is 3.26. The Bertz CT molecular complexity index is 663. The lowest BCUT2D eigenvalue weighted by atomic mass is 10.0. The third-order valence-corrected chi connectivity index (χ3v) is 4.96. The molecule has 2 aromatic rings. The zero-order chi connectivity index (χ0) is 17.0. The lowest BCUT2D eigenvalue weighted by Crippen LogP contribution is -2.32. The summed E-state index contributed by atoms with van der Waals surface area (Å²) in [6, 6.07) is 10.5. The van der Waals surface area contributed by atoms with Crippen LogP contribution in [0.25, 0.3) is 11.4 Å². The van der Waals surface area contributed by atoms with Crippen LogP contribution in [0.2, 0.25) is 0 Å². The Labute approximate surface area is 145 Å². The maximum absolute atomic E-state index is 4.90. The Morgan fingerprint density at radius 2 is 1.92 bits per heavy atom. The number of hydrogen-bond acceptors (Lipinski definition) is 4. The van der Waals surface area contributed by atoms with Gasteiger partial charge in [-0.2, -0.15) is 0 Å². The van der Waals surface area contributed by atoms with E-state index in [1.165, 1.54) is 25.7 Å². The van der Waals surface area contributed by atoms with Crippen LogP contribution >= 0.6 is 0 Å². The number of aromatic nitrogens is 2. The lowest BCUT2D eigenvalue weighted by molar-refractivity contribution is 0.531. The van der Waals surface area contributed by atoms with Gasteiger partial charge in [0.05, 0.1) is 17.1 Å². The van der Waals surface area contributed by atoms with Crippen LogP contribution in [0.4, 0.5) is 11.5 Å². The first-order valence-corrected chi connectivity index (χ1v) is 9.07. The lowest BCUT2D eigenvalue weighted by Gasteiger charge is -2.28. The topological polar surface area (TPSA) is 49.8 Å². The maximum atomic E-state index is 4.90. The summed E-state index contributed by atoms with van der Waals surface area (Å²) in [6.45, 7) is 6.70. The van der Waals surface area contributed by atoms with Gasteiger partial charge in [0.1, 0.15) is 0 Å². The van der Waals surface area contributed by atoms with Crippen LogP contribution in [0.5, 0.6) is 0 Å². The molecule has 0 aliphatic heterocycles. The first-order chi connectivity index (χ1) is 11.6. The molecule has 1 unspecified atom stereocenters.